The number of primary amides is 1. The Labute approximate surface area is 120 Å². The molecule has 2 fully saturated rings. The standard InChI is InChI=1S/C14H25N3O3/c1-10-4-5-11(14(15)19)9-17(10)13(18)8-16-7-12-3-2-6-20-12/h10-12,16H,2-9H2,1H3,(H2,15,19)/t10-,11-,12-/m1/s1. The molecule has 0 saturated carbocycles. The molecule has 0 aromatic heterocycles. The second-order valence-corrected chi connectivity index (χ2v) is 5.84. The van der Waals surface area contributed by atoms with E-state index in [1.54, 1.807) is 4.90 Å². The number of carbonyl (C=O) groups excluding carboxylic acids is 2. The molecule has 0 bridgehead atoms. The summed E-state index contributed by atoms with van der Waals surface area (Å²) in [5, 5.41) is 3.16. The Kier molecular flexibility index (Phi) is 5.37. The van der Waals surface area contributed by atoms with Gasteiger partial charge in [0.15, 0.2) is 0 Å². The third-order valence-corrected chi connectivity index (χ3v) is 4.28. The van der Waals surface area contributed by atoms with Crippen LogP contribution in [0.25, 0.3) is 0 Å². The molecule has 0 unspecified atom stereocenters. The van der Waals surface area contributed by atoms with Crippen molar-refractivity contribution in [3.05, 3.63) is 0 Å². The Hall–Kier alpha value is -1.14. The maximum atomic E-state index is 12.2. The average molecular weight is 283 g/mol. The van der Waals surface area contributed by atoms with Crippen LogP contribution in [0, 0.1) is 5.92 Å². The van der Waals surface area contributed by atoms with Crippen LogP contribution in [0.3, 0.4) is 0 Å². The fraction of sp³-hybridized carbons (Fsp3) is 0.857. The summed E-state index contributed by atoms with van der Waals surface area (Å²) in [5.74, 6) is -0.461. The van der Waals surface area contributed by atoms with Crippen molar-refractivity contribution >= 4 is 11.8 Å². The minimum absolute atomic E-state index is 0.0430. The van der Waals surface area contributed by atoms with Gasteiger partial charge < -0.3 is 20.7 Å². The lowest BCUT2D eigenvalue weighted by Gasteiger charge is -2.37. The highest BCUT2D eigenvalue weighted by Crippen LogP contribution is 2.21. The Balaban J connectivity index is 1.76. The van der Waals surface area contributed by atoms with E-state index in [-0.39, 0.29) is 29.9 Å². The van der Waals surface area contributed by atoms with E-state index in [9.17, 15) is 9.59 Å². The number of rotatable bonds is 5. The van der Waals surface area contributed by atoms with Crippen molar-refractivity contribution in [2.45, 2.75) is 44.8 Å². The first-order valence-electron chi connectivity index (χ1n) is 7.49. The van der Waals surface area contributed by atoms with Crippen molar-refractivity contribution in [2.75, 3.05) is 26.2 Å². The molecule has 2 aliphatic heterocycles. The van der Waals surface area contributed by atoms with Crippen LogP contribution in [0.1, 0.15) is 32.6 Å². The van der Waals surface area contributed by atoms with E-state index in [1.165, 1.54) is 0 Å². The highest BCUT2D eigenvalue weighted by molar-refractivity contribution is 5.81. The van der Waals surface area contributed by atoms with Crippen LogP contribution < -0.4 is 11.1 Å². The highest BCUT2D eigenvalue weighted by atomic mass is 16.5. The molecule has 2 amide bonds. The van der Waals surface area contributed by atoms with Gasteiger partial charge in [0.1, 0.15) is 0 Å². The first-order chi connectivity index (χ1) is 9.58. The van der Waals surface area contributed by atoms with E-state index in [2.05, 4.69) is 5.32 Å². The first kappa shape index (κ1) is 15.3. The smallest absolute Gasteiger partial charge is 0.236 e. The van der Waals surface area contributed by atoms with Crippen LogP contribution in [0.15, 0.2) is 0 Å². The van der Waals surface area contributed by atoms with Crippen LogP contribution in [-0.2, 0) is 14.3 Å². The van der Waals surface area contributed by atoms with Crippen LogP contribution in [0.4, 0.5) is 0 Å². The third-order valence-electron chi connectivity index (χ3n) is 4.28. The summed E-state index contributed by atoms with van der Waals surface area (Å²) in [7, 11) is 0. The summed E-state index contributed by atoms with van der Waals surface area (Å²) in [5.41, 5.74) is 5.35. The SMILES string of the molecule is C[C@@H]1CC[C@@H](C(N)=O)CN1C(=O)CNC[C@H]1CCCO1. The fourth-order valence-corrected chi connectivity index (χ4v) is 2.93. The summed E-state index contributed by atoms with van der Waals surface area (Å²) in [6.07, 6.45) is 4.02. The quantitative estimate of drug-likeness (QED) is 0.736. The number of piperidine rings is 1. The molecule has 0 aromatic carbocycles. The maximum Gasteiger partial charge on any atom is 0.236 e. The number of hydrogen-bond acceptors (Lipinski definition) is 4. The summed E-state index contributed by atoms with van der Waals surface area (Å²) < 4.78 is 5.50. The van der Waals surface area contributed by atoms with Crippen LogP contribution in [-0.4, -0.2) is 55.1 Å². The van der Waals surface area contributed by atoms with Crippen LogP contribution >= 0.6 is 0 Å². The third kappa shape index (κ3) is 3.93. The molecular formula is C14H25N3O3. The molecule has 2 saturated heterocycles. The van der Waals surface area contributed by atoms with Gasteiger partial charge in [-0.05, 0) is 32.6 Å². The largest absolute Gasteiger partial charge is 0.377 e. The predicted octanol–water partition coefficient (Wildman–Crippen LogP) is -0.133. The van der Waals surface area contributed by atoms with Gasteiger partial charge in [-0.15, -0.1) is 0 Å². The van der Waals surface area contributed by atoms with Gasteiger partial charge in [-0.2, -0.15) is 0 Å². The lowest BCUT2D eigenvalue weighted by Crippen LogP contribution is -2.51. The van der Waals surface area contributed by atoms with Crippen molar-refractivity contribution in [1.29, 1.82) is 0 Å². The number of hydrogen-bond donors (Lipinski definition) is 2. The van der Waals surface area contributed by atoms with E-state index in [0.717, 1.165) is 32.3 Å². The maximum absolute atomic E-state index is 12.2. The highest BCUT2D eigenvalue weighted by Gasteiger charge is 2.31. The summed E-state index contributed by atoms with van der Waals surface area (Å²) >= 11 is 0. The van der Waals surface area contributed by atoms with E-state index < -0.39 is 0 Å². The molecule has 6 nitrogen and oxygen atoms in total. The van der Waals surface area contributed by atoms with Gasteiger partial charge in [-0.1, -0.05) is 0 Å². The molecule has 2 heterocycles. The van der Waals surface area contributed by atoms with Gasteiger partial charge in [-0.3, -0.25) is 9.59 Å². The molecule has 3 N–H and O–H groups in total. The molecule has 0 spiro atoms. The zero-order valence-electron chi connectivity index (χ0n) is 12.1. The predicted molar refractivity (Wildman–Crippen MR) is 74.9 cm³/mol. The Morgan fingerprint density at radius 2 is 2.15 bits per heavy atom. The summed E-state index contributed by atoms with van der Waals surface area (Å²) in [4.78, 5) is 25.3. The molecule has 2 rings (SSSR count). The normalized spacial score (nSPS) is 30.4. The molecule has 20 heavy (non-hydrogen) atoms. The minimum Gasteiger partial charge on any atom is -0.377 e. The zero-order chi connectivity index (χ0) is 14.5. The number of amides is 2. The molecule has 0 aromatic rings. The second-order valence-electron chi connectivity index (χ2n) is 5.84. The van der Waals surface area contributed by atoms with Crippen molar-refractivity contribution in [3.8, 4) is 0 Å². The van der Waals surface area contributed by atoms with Crippen LogP contribution in [0.2, 0.25) is 0 Å². The lowest BCUT2D eigenvalue weighted by atomic mass is 9.93. The average Bonchev–Trinajstić information content (AvgIpc) is 2.92. The van der Waals surface area contributed by atoms with Gasteiger partial charge in [0, 0.05) is 25.7 Å². The van der Waals surface area contributed by atoms with E-state index in [0.29, 0.717) is 19.6 Å². The topological polar surface area (TPSA) is 84.7 Å². The van der Waals surface area contributed by atoms with Gasteiger partial charge in [-0.25, -0.2) is 0 Å². The number of ether oxygens (including phenoxy) is 1. The summed E-state index contributed by atoms with van der Waals surface area (Å²) in [6.45, 7) is 4.32. The second kappa shape index (κ2) is 7.04. The fourth-order valence-electron chi connectivity index (χ4n) is 2.93. The van der Waals surface area contributed by atoms with Gasteiger partial charge >= 0.3 is 0 Å². The summed E-state index contributed by atoms with van der Waals surface area (Å²) in [6, 6.07) is 0.183. The number of nitrogens with two attached hydrogens (primary N) is 1. The van der Waals surface area contributed by atoms with E-state index in [4.69, 9.17) is 10.5 Å². The van der Waals surface area contributed by atoms with E-state index >= 15 is 0 Å². The molecule has 114 valence electrons. The van der Waals surface area contributed by atoms with E-state index in [1.807, 2.05) is 6.92 Å². The monoisotopic (exact) mass is 283 g/mol. The molecule has 6 heteroatoms. The van der Waals surface area contributed by atoms with Crippen molar-refractivity contribution in [1.82, 2.24) is 10.2 Å². The minimum atomic E-state index is -0.304. The Bertz CT molecular complexity index is 356. The molecule has 0 radical (unpaired) electrons. The van der Waals surface area contributed by atoms with Gasteiger partial charge in [0.25, 0.3) is 0 Å². The number of carbonyl (C=O) groups is 2. The lowest BCUT2D eigenvalue weighted by molar-refractivity contribution is -0.136. The number of nitrogens with one attached hydrogen (secondary N) is 1. The van der Waals surface area contributed by atoms with Gasteiger partial charge in [0.2, 0.25) is 11.8 Å². The number of likely N-dealkylation sites (tertiary alicyclic amines) is 1. The Morgan fingerprint density at radius 1 is 1.35 bits per heavy atom. The first-order valence-corrected chi connectivity index (χ1v) is 7.49. The Morgan fingerprint density at radius 3 is 2.80 bits per heavy atom. The van der Waals surface area contributed by atoms with Gasteiger partial charge in [0.05, 0.1) is 18.6 Å². The number of nitrogens with zero attached hydrogens (tertiary/aromatic N) is 1. The molecule has 3 atom stereocenters. The van der Waals surface area contributed by atoms with Crippen molar-refractivity contribution < 1.29 is 14.3 Å². The van der Waals surface area contributed by atoms with Crippen LogP contribution in [0.5, 0.6) is 0 Å². The van der Waals surface area contributed by atoms with Crippen molar-refractivity contribution in [3.63, 3.8) is 0 Å². The molecule has 0 aliphatic carbocycles. The molecule has 2 aliphatic rings. The van der Waals surface area contributed by atoms with Crippen molar-refractivity contribution in [2.24, 2.45) is 11.7 Å². The zero-order valence-corrected chi connectivity index (χ0v) is 12.1. The molecular weight excluding hydrogens is 258 g/mol.